The number of methoxy groups -OCH3 is 1. The molecule has 0 saturated heterocycles. The van der Waals surface area contributed by atoms with E-state index in [1.807, 2.05) is 6.92 Å². The molecule has 1 N–H and O–H groups in total. The summed E-state index contributed by atoms with van der Waals surface area (Å²) in [6, 6.07) is 4.74. The highest BCUT2D eigenvalue weighted by molar-refractivity contribution is 7.71. The third kappa shape index (κ3) is 1.74. The molecule has 2 rings (SSSR count). The molecule has 0 atom stereocenters. The predicted molar refractivity (Wildman–Crippen MR) is 62.2 cm³/mol. The summed E-state index contributed by atoms with van der Waals surface area (Å²) in [6.45, 7) is 1.90. The van der Waals surface area contributed by atoms with Crippen LogP contribution in [0.2, 0.25) is 0 Å². The summed E-state index contributed by atoms with van der Waals surface area (Å²) in [7, 11) is 1.44. The molecule has 84 valence electrons. The summed E-state index contributed by atoms with van der Waals surface area (Å²) in [5, 5.41) is 0. The molecule has 0 amide bonds. The van der Waals surface area contributed by atoms with Crippen LogP contribution in [0.25, 0.3) is 5.69 Å². The van der Waals surface area contributed by atoms with E-state index in [1.165, 1.54) is 13.2 Å². The number of nitrogens with one attached hydrogen (secondary N) is 1. The van der Waals surface area contributed by atoms with Gasteiger partial charge in [-0.15, -0.1) is 0 Å². The fourth-order valence-corrected chi connectivity index (χ4v) is 1.88. The molecule has 1 aromatic carbocycles. The Labute approximate surface area is 97.5 Å². The Morgan fingerprint density at radius 1 is 1.44 bits per heavy atom. The molecular formula is C11H11FN2OS. The van der Waals surface area contributed by atoms with Crippen LogP contribution in [-0.2, 0) is 0 Å². The first kappa shape index (κ1) is 10.9. The average Bonchev–Trinajstić information content (AvgIpc) is 2.58. The molecule has 3 nitrogen and oxygen atoms in total. The summed E-state index contributed by atoms with van der Waals surface area (Å²) in [4.78, 5) is 2.91. The monoisotopic (exact) mass is 238 g/mol. The number of halogens is 1. The van der Waals surface area contributed by atoms with E-state index in [9.17, 15) is 4.39 Å². The molecule has 2 aromatic rings. The fourth-order valence-electron chi connectivity index (χ4n) is 1.57. The van der Waals surface area contributed by atoms with Gasteiger partial charge in [0.15, 0.2) is 16.3 Å². The van der Waals surface area contributed by atoms with Gasteiger partial charge in [0.25, 0.3) is 0 Å². The lowest BCUT2D eigenvalue weighted by atomic mass is 10.3. The first-order valence-corrected chi connectivity index (χ1v) is 5.15. The maximum atomic E-state index is 13.5. The van der Waals surface area contributed by atoms with E-state index in [1.54, 1.807) is 22.9 Å². The van der Waals surface area contributed by atoms with Crippen LogP contribution in [0, 0.1) is 17.5 Å². The number of hydrogen-bond acceptors (Lipinski definition) is 2. The third-order valence-electron chi connectivity index (χ3n) is 2.35. The molecule has 0 aliphatic heterocycles. The molecule has 16 heavy (non-hydrogen) atoms. The number of imidazole rings is 1. The highest BCUT2D eigenvalue weighted by Crippen LogP contribution is 2.21. The summed E-state index contributed by atoms with van der Waals surface area (Å²) in [5.41, 5.74) is 1.61. The van der Waals surface area contributed by atoms with Gasteiger partial charge < -0.3 is 9.72 Å². The molecule has 1 heterocycles. The Balaban J connectivity index is 2.58. The van der Waals surface area contributed by atoms with Crippen molar-refractivity contribution in [3.05, 3.63) is 40.7 Å². The van der Waals surface area contributed by atoms with Crippen molar-refractivity contribution >= 4 is 12.2 Å². The standard InChI is InChI=1S/C11H11FN2OS/c1-7-6-13-11(16)14(7)8-3-4-10(15-2)9(12)5-8/h3-6H,1-2H3,(H,13,16). The number of aromatic nitrogens is 2. The van der Waals surface area contributed by atoms with Crippen molar-refractivity contribution in [3.8, 4) is 11.4 Å². The number of rotatable bonds is 2. The van der Waals surface area contributed by atoms with Crippen LogP contribution in [0.15, 0.2) is 24.4 Å². The van der Waals surface area contributed by atoms with Crippen LogP contribution in [-0.4, -0.2) is 16.7 Å². The fraction of sp³-hybridized carbons (Fsp3) is 0.182. The predicted octanol–water partition coefficient (Wildman–Crippen LogP) is 2.99. The number of aryl methyl sites for hydroxylation is 1. The molecule has 0 fully saturated rings. The van der Waals surface area contributed by atoms with E-state index in [-0.39, 0.29) is 5.75 Å². The summed E-state index contributed by atoms with van der Waals surface area (Å²) >= 11 is 5.11. The van der Waals surface area contributed by atoms with Crippen molar-refractivity contribution in [2.24, 2.45) is 0 Å². The van der Waals surface area contributed by atoms with Crippen LogP contribution in [0.5, 0.6) is 5.75 Å². The number of aromatic amines is 1. The van der Waals surface area contributed by atoms with Crippen molar-refractivity contribution < 1.29 is 9.13 Å². The maximum Gasteiger partial charge on any atom is 0.182 e. The van der Waals surface area contributed by atoms with Crippen molar-refractivity contribution in [3.63, 3.8) is 0 Å². The van der Waals surface area contributed by atoms with Gasteiger partial charge in [-0.2, -0.15) is 0 Å². The maximum absolute atomic E-state index is 13.5. The van der Waals surface area contributed by atoms with Gasteiger partial charge in [0, 0.05) is 18.0 Å². The number of ether oxygens (including phenoxy) is 1. The zero-order chi connectivity index (χ0) is 11.7. The van der Waals surface area contributed by atoms with Gasteiger partial charge in [0.2, 0.25) is 0 Å². The molecule has 0 saturated carbocycles. The van der Waals surface area contributed by atoms with Crippen LogP contribution < -0.4 is 4.74 Å². The third-order valence-corrected chi connectivity index (χ3v) is 2.65. The highest BCUT2D eigenvalue weighted by Gasteiger charge is 2.07. The van der Waals surface area contributed by atoms with E-state index >= 15 is 0 Å². The zero-order valence-corrected chi connectivity index (χ0v) is 9.77. The van der Waals surface area contributed by atoms with Gasteiger partial charge in [0.1, 0.15) is 0 Å². The molecular weight excluding hydrogens is 227 g/mol. The lowest BCUT2D eigenvalue weighted by molar-refractivity contribution is 0.386. The van der Waals surface area contributed by atoms with E-state index in [4.69, 9.17) is 17.0 Å². The highest BCUT2D eigenvalue weighted by atomic mass is 32.1. The van der Waals surface area contributed by atoms with Crippen molar-refractivity contribution in [2.75, 3.05) is 7.11 Å². The van der Waals surface area contributed by atoms with Gasteiger partial charge in [-0.3, -0.25) is 4.57 Å². The van der Waals surface area contributed by atoms with E-state index < -0.39 is 5.82 Å². The van der Waals surface area contributed by atoms with Crippen LogP contribution >= 0.6 is 12.2 Å². The number of hydrogen-bond donors (Lipinski definition) is 1. The summed E-state index contributed by atoms with van der Waals surface area (Å²) < 4.78 is 20.7. The number of H-pyrrole nitrogens is 1. The summed E-state index contributed by atoms with van der Waals surface area (Å²) in [5.74, 6) is -0.175. The van der Waals surface area contributed by atoms with Gasteiger partial charge in [0.05, 0.1) is 12.8 Å². The first-order chi connectivity index (χ1) is 7.63. The molecule has 1 aromatic heterocycles. The lowest BCUT2D eigenvalue weighted by Gasteiger charge is -2.07. The molecule has 0 aliphatic rings. The van der Waals surface area contributed by atoms with Crippen LogP contribution in [0.1, 0.15) is 5.69 Å². The lowest BCUT2D eigenvalue weighted by Crippen LogP contribution is -1.98. The van der Waals surface area contributed by atoms with Crippen LogP contribution in [0.4, 0.5) is 4.39 Å². The normalized spacial score (nSPS) is 10.4. The Morgan fingerprint density at radius 3 is 2.69 bits per heavy atom. The SMILES string of the molecule is COc1ccc(-n2c(C)c[nH]c2=S)cc1F. The Hall–Kier alpha value is -1.62. The summed E-state index contributed by atoms with van der Waals surface area (Å²) in [6.07, 6.45) is 1.78. The van der Waals surface area contributed by atoms with Gasteiger partial charge >= 0.3 is 0 Å². The minimum absolute atomic E-state index is 0.225. The second-order valence-electron chi connectivity index (χ2n) is 3.39. The minimum Gasteiger partial charge on any atom is -0.494 e. The Morgan fingerprint density at radius 2 is 2.19 bits per heavy atom. The van der Waals surface area contributed by atoms with Gasteiger partial charge in [-0.25, -0.2) is 4.39 Å². The topological polar surface area (TPSA) is 29.9 Å². The Bertz CT molecular complexity index is 574. The molecule has 0 radical (unpaired) electrons. The molecule has 0 bridgehead atoms. The van der Waals surface area contributed by atoms with E-state index in [2.05, 4.69) is 4.98 Å². The first-order valence-electron chi connectivity index (χ1n) is 4.74. The Kier molecular flexibility index (Phi) is 2.78. The molecule has 0 aliphatic carbocycles. The minimum atomic E-state index is -0.400. The van der Waals surface area contributed by atoms with Crippen molar-refractivity contribution in [2.45, 2.75) is 6.92 Å². The molecule has 5 heteroatoms. The van der Waals surface area contributed by atoms with Crippen LogP contribution in [0.3, 0.4) is 0 Å². The van der Waals surface area contributed by atoms with Gasteiger partial charge in [-0.05, 0) is 31.3 Å². The van der Waals surface area contributed by atoms with E-state index in [0.29, 0.717) is 10.5 Å². The quantitative estimate of drug-likeness (QED) is 0.815. The average molecular weight is 238 g/mol. The second-order valence-corrected chi connectivity index (χ2v) is 3.78. The van der Waals surface area contributed by atoms with Gasteiger partial charge in [-0.1, -0.05) is 0 Å². The smallest absolute Gasteiger partial charge is 0.182 e. The number of benzene rings is 1. The number of nitrogens with zero attached hydrogens (tertiary/aromatic N) is 1. The molecule has 0 unspecified atom stereocenters. The van der Waals surface area contributed by atoms with E-state index in [0.717, 1.165) is 5.69 Å². The molecule has 0 spiro atoms. The second kappa shape index (κ2) is 4.09. The van der Waals surface area contributed by atoms with Crippen molar-refractivity contribution in [1.82, 2.24) is 9.55 Å². The zero-order valence-electron chi connectivity index (χ0n) is 8.95. The van der Waals surface area contributed by atoms with Crippen molar-refractivity contribution in [1.29, 1.82) is 0 Å². The largest absolute Gasteiger partial charge is 0.494 e.